The van der Waals surface area contributed by atoms with Crippen molar-refractivity contribution in [2.75, 3.05) is 20.3 Å². The van der Waals surface area contributed by atoms with Gasteiger partial charge in [0, 0.05) is 13.7 Å². The van der Waals surface area contributed by atoms with Gasteiger partial charge in [0.1, 0.15) is 0 Å². The Hall–Kier alpha value is -0.120. The molecule has 0 aromatic carbocycles. The molecule has 1 unspecified atom stereocenters. The summed E-state index contributed by atoms with van der Waals surface area (Å²) in [5.74, 6) is 0.804. The van der Waals surface area contributed by atoms with Crippen LogP contribution in [0.15, 0.2) is 0 Å². The molecule has 3 heteroatoms. The molecule has 0 fully saturated rings. The van der Waals surface area contributed by atoms with Crippen LogP contribution in [0.25, 0.3) is 0 Å². The molecule has 0 aromatic rings. The van der Waals surface area contributed by atoms with Gasteiger partial charge >= 0.3 is 0 Å². The molecule has 0 aliphatic carbocycles. The molecule has 0 bridgehead atoms. The van der Waals surface area contributed by atoms with Crippen molar-refractivity contribution >= 4 is 0 Å². The Morgan fingerprint density at radius 3 is 2.28 bits per heavy atom. The maximum absolute atomic E-state index is 5.73. The van der Waals surface area contributed by atoms with Crippen molar-refractivity contribution in [3.05, 3.63) is 0 Å². The zero-order valence-electron chi connectivity index (χ0n) is 13.1. The summed E-state index contributed by atoms with van der Waals surface area (Å²) in [6.45, 7) is 10.3. The van der Waals surface area contributed by atoms with E-state index in [1.807, 2.05) is 7.05 Å². The van der Waals surface area contributed by atoms with Gasteiger partial charge in [-0.1, -0.05) is 32.6 Å². The van der Waals surface area contributed by atoms with Crippen LogP contribution in [0.3, 0.4) is 0 Å². The lowest BCUT2D eigenvalue weighted by molar-refractivity contribution is -0.00532. The molecule has 3 nitrogen and oxygen atoms in total. The summed E-state index contributed by atoms with van der Waals surface area (Å²) in [4.78, 5) is 5.21. The number of nitrogens with one attached hydrogen (secondary N) is 1. The van der Waals surface area contributed by atoms with E-state index in [0.717, 1.165) is 25.6 Å². The largest absolute Gasteiger partial charge is 0.376 e. The molecule has 1 atom stereocenters. The molecule has 0 saturated heterocycles. The highest BCUT2D eigenvalue weighted by atomic mass is 16.6. The van der Waals surface area contributed by atoms with Crippen molar-refractivity contribution in [2.45, 2.75) is 71.8 Å². The molecule has 0 radical (unpaired) electrons. The molecule has 110 valence electrons. The van der Waals surface area contributed by atoms with Gasteiger partial charge in [-0.3, -0.25) is 0 Å². The summed E-state index contributed by atoms with van der Waals surface area (Å²) in [7, 11) is 1.82. The van der Waals surface area contributed by atoms with Gasteiger partial charge in [0.05, 0.1) is 12.2 Å². The Morgan fingerprint density at radius 2 is 1.72 bits per heavy atom. The van der Waals surface area contributed by atoms with E-state index in [1.165, 1.54) is 32.1 Å². The number of hydroxylamine groups is 1. The first-order chi connectivity index (χ1) is 8.49. The second-order valence-corrected chi connectivity index (χ2v) is 5.95. The van der Waals surface area contributed by atoms with Crippen molar-refractivity contribution in [1.82, 2.24) is 5.48 Å². The lowest BCUT2D eigenvalue weighted by atomic mass is 9.94. The molecular weight excluding hydrogens is 226 g/mol. The smallest absolute Gasteiger partial charge is 0.0684 e. The average molecular weight is 259 g/mol. The van der Waals surface area contributed by atoms with Crippen molar-refractivity contribution in [2.24, 2.45) is 5.92 Å². The fourth-order valence-corrected chi connectivity index (χ4v) is 2.08. The van der Waals surface area contributed by atoms with Crippen LogP contribution in [0, 0.1) is 5.92 Å². The quantitative estimate of drug-likeness (QED) is 0.450. The topological polar surface area (TPSA) is 30.5 Å². The third kappa shape index (κ3) is 12.3. The third-order valence-electron chi connectivity index (χ3n) is 3.01. The molecule has 0 heterocycles. The van der Waals surface area contributed by atoms with Crippen molar-refractivity contribution < 1.29 is 9.57 Å². The Kier molecular flexibility index (Phi) is 10.7. The highest BCUT2D eigenvalue weighted by Gasteiger charge is 2.10. The van der Waals surface area contributed by atoms with E-state index in [1.54, 1.807) is 0 Å². The Balaban J connectivity index is 3.57. The van der Waals surface area contributed by atoms with Gasteiger partial charge in [-0.05, 0) is 39.5 Å². The number of ether oxygens (including phenoxy) is 1. The highest BCUT2D eigenvalue weighted by Crippen LogP contribution is 2.19. The van der Waals surface area contributed by atoms with Gasteiger partial charge in [0.15, 0.2) is 0 Å². The molecule has 0 spiro atoms. The van der Waals surface area contributed by atoms with Gasteiger partial charge in [-0.2, -0.15) is 0 Å². The molecule has 18 heavy (non-hydrogen) atoms. The van der Waals surface area contributed by atoms with Crippen LogP contribution < -0.4 is 5.48 Å². The van der Waals surface area contributed by atoms with E-state index >= 15 is 0 Å². The van der Waals surface area contributed by atoms with E-state index in [0.29, 0.717) is 0 Å². The second-order valence-electron chi connectivity index (χ2n) is 5.95. The maximum atomic E-state index is 5.73. The monoisotopic (exact) mass is 259 g/mol. The molecule has 0 aliphatic heterocycles. The Morgan fingerprint density at radius 1 is 1.00 bits per heavy atom. The van der Waals surface area contributed by atoms with Gasteiger partial charge in [0.2, 0.25) is 0 Å². The van der Waals surface area contributed by atoms with Crippen molar-refractivity contribution in [3.8, 4) is 0 Å². The van der Waals surface area contributed by atoms with Crippen LogP contribution in [0.1, 0.15) is 66.2 Å². The van der Waals surface area contributed by atoms with Crippen LogP contribution in [0.2, 0.25) is 0 Å². The standard InChI is InChI=1S/C15H33NO2/c1-6-9-14(11-13-18-16-5)10-7-8-12-17-15(2,3)4/h14,16H,6-13H2,1-5H3. The first-order valence-corrected chi connectivity index (χ1v) is 7.42. The van der Waals surface area contributed by atoms with Crippen LogP contribution in [0.5, 0.6) is 0 Å². The van der Waals surface area contributed by atoms with Gasteiger partial charge < -0.3 is 9.57 Å². The minimum atomic E-state index is 0.00343. The van der Waals surface area contributed by atoms with E-state index < -0.39 is 0 Å². The summed E-state index contributed by atoms with van der Waals surface area (Å²) in [6.07, 6.45) is 7.48. The first-order valence-electron chi connectivity index (χ1n) is 7.42. The summed E-state index contributed by atoms with van der Waals surface area (Å²) in [5.41, 5.74) is 2.74. The van der Waals surface area contributed by atoms with Crippen molar-refractivity contribution in [1.29, 1.82) is 0 Å². The second kappa shape index (κ2) is 10.8. The first kappa shape index (κ1) is 17.9. The highest BCUT2D eigenvalue weighted by molar-refractivity contribution is 4.61. The number of hydrogen-bond acceptors (Lipinski definition) is 3. The van der Waals surface area contributed by atoms with Gasteiger partial charge in [-0.15, -0.1) is 0 Å². The number of unbranched alkanes of at least 4 members (excludes halogenated alkanes) is 1. The zero-order valence-corrected chi connectivity index (χ0v) is 13.1. The number of hydrogen-bond donors (Lipinski definition) is 1. The lowest BCUT2D eigenvalue weighted by Crippen LogP contribution is -2.19. The molecule has 0 aliphatic rings. The summed E-state index contributed by atoms with van der Waals surface area (Å²) < 4.78 is 5.73. The Bertz CT molecular complexity index is 178. The SMILES string of the molecule is CCCC(CCCCOC(C)(C)C)CCONC. The van der Waals surface area contributed by atoms with Crippen LogP contribution in [-0.4, -0.2) is 25.9 Å². The molecular formula is C15H33NO2. The third-order valence-corrected chi connectivity index (χ3v) is 3.01. The fourth-order valence-electron chi connectivity index (χ4n) is 2.08. The molecule has 0 saturated carbocycles. The summed E-state index contributed by atoms with van der Waals surface area (Å²) >= 11 is 0. The van der Waals surface area contributed by atoms with E-state index in [4.69, 9.17) is 9.57 Å². The normalized spacial score (nSPS) is 13.8. The van der Waals surface area contributed by atoms with Crippen LogP contribution in [0.4, 0.5) is 0 Å². The molecule has 1 N–H and O–H groups in total. The lowest BCUT2D eigenvalue weighted by Gasteiger charge is -2.20. The van der Waals surface area contributed by atoms with Crippen LogP contribution in [-0.2, 0) is 9.57 Å². The predicted octanol–water partition coefficient (Wildman–Crippen LogP) is 3.93. The Labute approximate surface area is 114 Å². The minimum Gasteiger partial charge on any atom is -0.376 e. The molecule has 0 amide bonds. The number of rotatable bonds is 11. The fraction of sp³-hybridized carbons (Fsp3) is 1.00. The summed E-state index contributed by atoms with van der Waals surface area (Å²) in [6, 6.07) is 0. The van der Waals surface area contributed by atoms with Gasteiger partial charge in [0.25, 0.3) is 0 Å². The summed E-state index contributed by atoms with van der Waals surface area (Å²) in [5, 5.41) is 0. The average Bonchev–Trinajstić information content (AvgIpc) is 2.27. The minimum absolute atomic E-state index is 0.00343. The zero-order chi connectivity index (χ0) is 13.9. The maximum Gasteiger partial charge on any atom is 0.0684 e. The molecule has 0 rings (SSSR count). The van der Waals surface area contributed by atoms with Crippen molar-refractivity contribution in [3.63, 3.8) is 0 Å². The predicted molar refractivity (Wildman–Crippen MR) is 77.6 cm³/mol. The molecule has 0 aromatic heterocycles. The van der Waals surface area contributed by atoms with Crippen LogP contribution >= 0.6 is 0 Å². The van der Waals surface area contributed by atoms with E-state index in [-0.39, 0.29) is 5.60 Å². The van der Waals surface area contributed by atoms with E-state index in [9.17, 15) is 0 Å². The van der Waals surface area contributed by atoms with Gasteiger partial charge in [-0.25, -0.2) is 5.48 Å². The van der Waals surface area contributed by atoms with E-state index in [2.05, 4.69) is 33.2 Å².